The van der Waals surface area contributed by atoms with Crippen molar-refractivity contribution in [2.24, 2.45) is 0 Å². The topological polar surface area (TPSA) is 50.4 Å². The molecule has 4 nitrogen and oxygen atoms in total. The number of rotatable bonds is 7. The zero-order chi connectivity index (χ0) is 17.5. The van der Waals surface area contributed by atoms with Gasteiger partial charge in [0, 0.05) is 28.8 Å². The van der Waals surface area contributed by atoms with E-state index in [1.165, 1.54) is 5.56 Å². The lowest BCUT2D eigenvalue weighted by Crippen LogP contribution is -2.16. The van der Waals surface area contributed by atoms with E-state index in [4.69, 9.17) is 4.74 Å². The first-order valence-electron chi connectivity index (χ1n) is 8.00. The van der Waals surface area contributed by atoms with Crippen LogP contribution in [-0.2, 0) is 4.79 Å². The molecule has 0 unspecified atom stereocenters. The predicted octanol–water partition coefficient (Wildman–Crippen LogP) is 4.99. The van der Waals surface area contributed by atoms with Gasteiger partial charge in [-0.15, -0.1) is 0 Å². The van der Waals surface area contributed by atoms with Crippen LogP contribution in [0.4, 0.5) is 11.4 Å². The third-order valence-corrected chi connectivity index (χ3v) is 3.96. The number of ether oxygens (including phenoxy) is 1. The van der Waals surface area contributed by atoms with Crippen LogP contribution in [0.15, 0.2) is 46.9 Å². The Balaban J connectivity index is 1.78. The fourth-order valence-electron chi connectivity index (χ4n) is 2.19. The molecule has 0 spiro atoms. The lowest BCUT2D eigenvalue weighted by Gasteiger charge is -2.11. The van der Waals surface area contributed by atoms with Crippen molar-refractivity contribution in [3.63, 3.8) is 0 Å². The highest BCUT2D eigenvalue weighted by molar-refractivity contribution is 9.10. The lowest BCUT2D eigenvalue weighted by atomic mass is 10.2. The Kier molecular flexibility index (Phi) is 6.67. The third kappa shape index (κ3) is 5.89. The normalized spacial score (nSPS) is 10.5. The molecule has 5 heteroatoms. The summed E-state index contributed by atoms with van der Waals surface area (Å²) in [7, 11) is 0. The van der Waals surface area contributed by atoms with E-state index in [9.17, 15) is 4.79 Å². The minimum Gasteiger partial charge on any atom is -0.491 e. The number of anilines is 2. The number of halogens is 1. The van der Waals surface area contributed by atoms with Crippen molar-refractivity contribution < 1.29 is 9.53 Å². The lowest BCUT2D eigenvalue weighted by molar-refractivity contribution is -0.115. The molecule has 0 aliphatic heterocycles. The van der Waals surface area contributed by atoms with Gasteiger partial charge in [-0.25, -0.2) is 0 Å². The zero-order valence-electron chi connectivity index (χ0n) is 14.2. The van der Waals surface area contributed by atoms with E-state index in [1.54, 1.807) is 0 Å². The Morgan fingerprint density at radius 3 is 2.50 bits per heavy atom. The number of nitrogens with one attached hydrogen (secondary N) is 2. The average molecular weight is 391 g/mol. The number of hydrogen-bond donors (Lipinski definition) is 2. The van der Waals surface area contributed by atoms with Crippen LogP contribution in [0.5, 0.6) is 5.75 Å². The number of amides is 1. The Morgan fingerprint density at radius 1 is 1.17 bits per heavy atom. The average Bonchev–Trinajstić information content (AvgIpc) is 2.51. The van der Waals surface area contributed by atoms with Crippen LogP contribution in [0.2, 0.25) is 0 Å². The van der Waals surface area contributed by atoms with Crippen molar-refractivity contribution in [3.8, 4) is 5.75 Å². The first-order valence-corrected chi connectivity index (χ1v) is 8.80. The summed E-state index contributed by atoms with van der Waals surface area (Å²) in [5.41, 5.74) is 2.95. The van der Waals surface area contributed by atoms with E-state index in [-0.39, 0.29) is 12.0 Å². The second kappa shape index (κ2) is 8.73. The SMILES string of the molecule is Cc1ccc(NCCC(=O)Nc2ccc(OC(C)C)cc2)c(Br)c1. The number of aryl methyl sites for hydroxylation is 1. The van der Waals surface area contributed by atoms with Crippen LogP contribution in [0.1, 0.15) is 25.8 Å². The maximum absolute atomic E-state index is 12.0. The Bertz CT molecular complexity index is 684. The summed E-state index contributed by atoms with van der Waals surface area (Å²) in [6.45, 7) is 6.58. The van der Waals surface area contributed by atoms with E-state index < -0.39 is 0 Å². The van der Waals surface area contributed by atoms with Crippen molar-refractivity contribution in [2.75, 3.05) is 17.2 Å². The van der Waals surface area contributed by atoms with Gasteiger partial charge in [-0.1, -0.05) is 6.07 Å². The Hall–Kier alpha value is -2.01. The van der Waals surface area contributed by atoms with Crippen LogP contribution < -0.4 is 15.4 Å². The van der Waals surface area contributed by atoms with Gasteiger partial charge < -0.3 is 15.4 Å². The van der Waals surface area contributed by atoms with Crippen LogP contribution in [-0.4, -0.2) is 18.6 Å². The summed E-state index contributed by atoms with van der Waals surface area (Å²) in [4.78, 5) is 12.0. The molecule has 2 N–H and O–H groups in total. The number of hydrogen-bond acceptors (Lipinski definition) is 3. The monoisotopic (exact) mass is 390 g/mol. The summed E-state index contributed by atoms with van der Waals surface area (Å²) < 4.78 is 6.58. The van der Waals surface area contributed by atoms with E-state index >= 15 is 0 Å². The van der Waals surface area contributed by atoms with Crippen LogP contribution in [0, 0.1) is 6.92 Å². The molecule has 0 saturated heterocycles. The van der Waals surface area contributed by atoms with Crippen molar-refractivity contribution >= 4 is 33.2 Å². The predicted molar refractivity (Wildman–Crippen MR) is 103 cm³/mol. The van der Waals surface area contributed by atoms with Gasteiger partial charge in [0.2, 0.25) is 5.91 Å². The van der Waals surface area contributed by atoms with Crippen molar-refractivity contribution in [1.29, 1.82) is 0 Å². The zero-order valence-corrected chi connectivity index (χ0v) is 15.8. The first-order chi connectivity index (χ1) is 11.4. The molecule has 0 aromatic heterocycles. The summed E-state index contributed by atoms with van der Waals surface area (Å²) in [6, 6.07) is 13.5. The highest BCUT2D eigenvalue weighted by Gasteiger charge is 2.05. The minimum absolute atomic E-state index is 0.0248. The molecule has 0 heterocycles. The van der Waals surface area contributed by atoms with E-state index in [0.29, 0.717) is 13.0 Å². The van der Waals surface area contributed by atoms with Crippen LogP contribution in [0.3, 0.4) is 0 Å². The van der Waals surface area contributed by atoms with Crippen molar-refractivity contribution in [3.05, 3.63) is 52.5 Å². The molecule has 2 aromatic carbocycles. The van der Waals surface area contributed by atoms with Crippen LogP contribution in [0.25, 0.3) is 0 Å². The maximum Gasteiger partial charge on any atom is 0.226 e. The molecular formula is C19H23BrN2O2. The number of benzene rings is 2. The van der Waals surface area contributed by atoms with Gasteiger partial charge in [0.1, 0.15) is 5.75 Å². The summed E-state index contributed by atoms with van der Waals surface area (Å²) in [6.07, 6.45) is 0.530. The standard InChI is InChI=1S/C19H23BrN2O2/c1-13(2)24-16-7-5-15(6-8-16)22-19(23)10-11-21-18-9-4-14(3)12-17(18)20/h4-9,12-13,21H,10-11H2,1-3H3,(H,22,23). The number of carbonyl (C=O) groups is 1. The van der Waals surface area contributed by atoms with Crippen molar-refractivity contribution in [2.45, 2.75) is 33.3 Å². The largest absolute Gasteiger partial charge is 0.491 e. The number of carbonyl (C=O) groups excluding carboxylic acids is 1. The van der Waals surface area contributed by atoms with Gasteiger partial charge in [0.15, 0.2) is 0 Å². The molecule has 0 fully saturated rings. The van der Waals surface area contributed by atoms with Gasteiger partial charge in [-0.2, -0.15) is 0 Å². The van der Waals surface area contributed by atoms with Gasteiger partial charge >= 0.3 is 0 Å². The molecule has 0 saturated carbocycles. The first kappa shape index (κ1) is 18.3. The molecule has 0 aliphatic rings. The highest BCUT2D eigenvalue weighted by atomic mass is 79.9. The molecule has 0 bridgehead atoms. The van der Waals surface area contributed by atoms with Gasteiger partial charge in [-0.05, 0) is 78.7 Å². The summed E-state index contributed by atoms with van der Waals surface area (Å²) >= 11 is 3.52. The molecule has 2 rings (SSSR count). The molecule has 0 aliphatic carbocycles. The van der Waals surface area contributed by atoms with Gasteiger partial charge in [0.05, 0.1) is 6.10 Å². The molecule has 2 aromatic rings. The van der Waals surface area contributed by atoms with Gasteiger partial charge in [0.25, 0.3) is 0 Å². The molecule has 0 atom stereocenters. The van der Waals surface area contributed by atoms with Crippen molar-refractivity contribution in [1.82, 2.24) is 0 Å². The third-order valence-electron chi connectivity index (χ3n) is 3.30. The second-order valence-corrected chi connectivity index (χ2v) is 6.75. The highest BCUT2D eigenvalue weighted by Crippen LogP contribution is 2.23. The Morgan fingerprint density at radius 2 is 1.88 bits per heavy atom. The second-order valence-electron chi connectivity index (χ2n) is 5.90. The summed E-state index contributed by atoms with van der Waals surface area (Å²) in [5.74, 6) is 0.775. The smallest absolute Gasteiger partial charge is 0.226 e. The van der Waals surface area contributed by atoms with E-state index in [1.807, 2.05) is 63.2 Å². The fraction of sp³-hybridized carbons (Fsp3) is 0.316. The molecular weight excluding hydrogens is 368 g/mol. The molecule has 24 heavy (non-hydrogen) atoms. The molecule has 1 amide bonds. The molecule has 0 radical (unpaired) electrons. The molecule has 128 valence electrons. The van der Waals surface area contributed by atoms with E-state index in [0.717, 1.165) is 21.6 Å². The summed E-state index contributed by atoms with van der Waals surface area (Å²) in [5, 5.41) is 6.15. The Labute approximate surface area is 151 Å². The van der Waals surface area contributed by atoms with Crippen LogP contribution >= 0.6 is 15.9 Å². The van der Waals surface area contributed by atoms with Gasteiger partial charge in [-0.3, -0.25) is 4.79 Å². The minimum atomic E-state index is -0.0248. The van der Waals surface area contributed by atoms with E-state index in [2.05, 4.69) is 26.6 Å². The fourth-order valence-corrected chi connectivity index (χ4v) is 2.82. The maximum atomic E-state index is 12.0. The quantitative estimate of drug-likeness (QED) is 0.700.